The summed E-state index contributed by atoms with van der Waals surface area (Å²) in [7, 11) is 0. The molecular weight excluding hydrogens is 320 g/mol. The second kappa shape index (κ2) is 9.00. The van der Waals surface area contributed by atoms with Crippen LogP contribution in [-0.4, -0.2) is 41.9 Å². The van der Waals surface area contributed by atoms with Crippen LogP contribution in [0.4, 0.5) is 0 Å². The number of carbonyl (C=O) groups excluding carboxylic acids is 1. The van der Waals surface area contributed by atoms with Crippen LogP contribution in [0.25, 0.3) is 0 Å². The van der Waals surface area contributed by atoms with Crippen molar-refractivity contribution in [2.75, 3.05) is 26.2 Å². The van der Waals surface area contributed by atoms with Crippen molar-refractivity contribution >= 4 is 5.91 Å². The van der Waals surface area contributed by atoms with Crippen molar-refractivity contribution in [2.45, 2.75) is 39.2 Å². The summed E-state index contributed by atoms with van der Waals surface area (Å²) in [6, 6.07) is 19.3. The van der Waals surface area contributed by atoms with Gasteiger partial charge in [-0.2, -0.15) is 0 Å². The maximum Gasteiger partial charge on any atom is 0.222 e. The zero-order chi connectivity index (χ0) is 18.4. The van der Waals surface area contributed by atoms with Gasteiger partial charge in [-0.15, -0.1) is 0 Å². The van der Waals surface area contributed by atoms with Crippen LogP contribution < -0.4 is 0 Å². The van der Waals surface area contributed by atoms with Crippen LogP contribution in [0.2, 0.25) is 0 Å². The highest BCUT2D eigenvalue weighted by atomic mass is 16.2. The zero-order valence-electron chi connectivity index (χ0n) is 16.0. The Morgan fingerprint density at radius 2 is 1.54 bits per heavy atom. The molecule has 0 bridgehead atoms. The minimum absolute atomic E-state index is 0.289. The molecule has 1 heterocycles. The summed E-state index contributed by atoms with van der Waals surface area (Å²) in [4.78, 5) is 17.0. The zero-order valence-corrected chi connectivity index (χ0v) is 16.0. The Balaban J connectivity index is 1.42. The molecule has 1 fully saturated rings. The average molecular weight is 351 g/mol. The van der Waals surface area contributed by atoms with Gasteiger partial charge in [-0.05, 0) is 29.0 Å². The summed E-state index contributed by atoms with van der Waals surface area (Å²) in [6.45, 7) is 9.00. The minimum Gasteiger partial charge on any atom is -0.340 e. The van der Waals surface area contributed by atoms with E-state index in [1.165, 1.54) is 16.7 Å². The molecule has 0 atom stereocenters. The lowest BCUT2D eigenvalue weighted by molar-refractivity contribution is -0.133. The molecule has 26 heavy (non-hydrogen) atoms. The minimum atomic E-state index is 0.289. The van der Waals surface area contributed by atoms with Gasteiger partial charge in [0.15, 0.2) is 0 Å². The first-order valence-electron chi connectivity index (χ1n) is 9.74. The number of aryl methyl sites for hydroxylation is 1. The number of hydrogen-bond donors (Lipinski definition) is 0. The van der Waals surface area contributed by atoms with E-state index >= 15 is 0 Å². The Labute approximate surface area is 157 Å². The molecule has 0 spiro atoms. The lowest BCUT2D eigenvalue weighted by Crippen LogP contribution is -2.48. The van der Waals surface area contributed by atoms with Gasteiger partial charge in [0.25, 0.3) is 0 Å². The predicted octanol–water partition coefficient (Wildman–Crippen LogP) is 4.09. The van der Waals surface area contributed by atoms with Crippen LogP contribution in [0, 0.1) is 0 Å². The number of amides is 1. The van der Waals surface area contributed by atoms with Crippen LogP contribution in [-0.2, 0) is 17.8 Å². The highest BCUT2D eigenvalue weighted by molar-refractivity contribution is 5.76. The molecule has 1 aliphatic rings. The summed E-state index contributed by atoms with van der Waals surface area (Å²) in [6.07, 6.45) is 1.45. The molecule has 1 saturated heterocycles. The summed E-state index contributed by atoms with van der Waals surface area (Å²) in [5, 5.41) is 0. The van der Waals surface area contributed by atoms with Crippen LogP contribution in [0.15, 0.2) is 54.6 Å². The van der Waals surface area contributed by atoms with E-state index in [4.69, 9.17) is 0 Å². The maximum atomic E-state index is 12.5. The van der Waals surface area contributed by atoms with Crippen molar-refractivity contribution in [3.05, 3.63) is 71.3 Å². The molecule has 0 N–H and O–H groups in total. The number of piperazine rings is 1. The van der Waals surface area contributed by atoms with Crippen LogP contribution in [0.1, 0.15) is 42.9 Å². The Kier molecular flexibility index (Phi) is 6.45. The molecule has 3 heteroatoms. The summed E-state index contributed by atoms with van der Waals surface area (Å²) < 4.78 is 0. The SMILES string of the molecule is CC(C)c1ccc(CCC(=O)N2CCN(Cc3ccccc3)CC2)cc1. The molecule has 0 radical (unpaired) electrons. The van der Waals surface area contributed by atoms with Crippen LogP contribution in [0.5, 0.6) is 0 Å². The number of hydrogen-bond acceptors (Lipinski definition) is 2. The number of benzene rings is 2. The number of rotatable bonds is 6. The van der Waals surface area contributed by atoms with Gasteiger partial charge in [0.1, 0.15) is 0 Å². The standard InChI is InChI=1S/C23H30N2O/c1-19(2)22-11-8-20(9-12-22)10-13-23(26)25-16-14-24(15-17-25)18-21-6-4-3-5-7-21/h3-9,11-12,19H,10,13-18H2,1-2H3. The third-order valence-electron chi connectivity index (χ3n) is 5.25. The van der Waals surface area contributed by atoms with Gasteiger partial charge in [-0.25, -0.2) is 0 Å². The Hall–Kier alpha value is -2.13. The van der Waals surface area contributed by atoms with Gasteiger partial charge in [0, 0.05) is 39.1 Å². The quantitative estimate of drug-likeness (QED) is 0.783. The Morgan fingerprint density at radius 3 is 2.15 bits per heavy atom. The normalized spacial score (nSPS) is 15.4. The smallest absolute Gasteiger partial charge is 0.222 e. The van der Waals surface area contributed by atoms with Crippen molar-refractivity contribution in [3.8, 4) is 0 Å². The molecule has 138 valence electrons. The molecular formula is C23H30N2O. The van der Waals surface area contributed by atoms with Gasteiger partial charge in [0.05, 0.1) is 0 Å². The Morgan fingerprint density at radius 1 is 0.885 bits per heavy atom. The van der Waals surface area contributed by atoms with Gasteiger partial charge >= 0.3 is 0 Å². The fraction of sp³-hybridized carbons (Fsp3) is 0.435. The van der Waals surface area contributed by atoms with Gasteiger partial charge in [-0.1, -0.05) is 68.4 Å². The summed E-state index contributed by atoms with van der Waals surface area (Å²) in [5.74, 6) is 0.843. The van der Waals surface area contributed by atoms with E-state index in [9.17, 15) is 4.79 Å². The Bertz CT molecular complexity index is 686. The van der Waals surface area contributed by atoms with Crippen molar-refractivity contribution in [2.24, 2.45) is 0 Å². The topological polar surface area (TPSA) is 23.6 Å². The van der Waals surface area contributed by atoms with Gasteiger partial charge < -0.3 is 4.90 Å². The molecule has 0 aromatic heterocycles. The van der Waals surface area contributed by atoms with Crippen molar-refractivity contribution in [1.82, 2.24) is 9.80 Å². The molecule has 0 unspecified atom stereocenters. The van der Waals surface area contributed by atoms with E-state index in [1.54, 1.807) is 0 Å². The highest BCUT2D eigenvalue weighted by Gasteiger charge is 2.20. The van der Waals surface area contributed by atoms with E-state index in [-0.39, 0.29) is 5.91 Å². The van der Waals surface area contributed by atoms with Gasteiger partial charge in [0.2, 0.25) is 5.91 Å². The third kappa shape index (κ3) is 5.18. The molecule has 0 aliphatic carbocycles. The highest BCUT2D eigenvalue weighted by Crippen LogP contribution is 2.16. The molecule has 2 aromatic rings. The van der Waals surface area contributed by atoms with Crippen LogP contribution >= 0.6 is 0 Å². The molecule has 3 rings (SSSR count). The van der Waals surface area contributed by atoms with Crippen LogP contribution in [0.3, 0.4) is 0 Å². The van der Waals surface area contributed by atoms with E-state index in [0.29, 0.717) is 12.3 Å². The first-order chi connectivity index (χ1) is 12.6. The first kappa shape index (κ1) is 18.7. The monoisotopic (exact) mass is 350 g/mol. The van der Waals surface area contributed by atoms with E-state index < -0.39 is 0 Å². The second-order valence-corrected chi connectivity index (χ2v) is 7.54. The predicted molar refractivity (Wildman–Crippen MR) is 107 cm³/mol. The number of nitrogens with zero attached hydrogens (tertiary/aromatic N) is 2. The fourth-order valence-electron chi connectivity index (χ4n) is 3.48. The largest absolute Gasteiger partial charge is 0.340 e. The summed E-state index contributed by atoms with van der Waals surface area (Å²) in [5.41, 5.74) is 3.96. The first-order valence-corrected chi connectivity index (χ1v) is 9.74. The van der Waals surface area contributed by atoms with Crippen molar-refractivity contribution in [3.63, 3.8) is 0 Å². The molecule has 1 amide bonds. The lowest BCUT2D eigenvalue weighted by atomic mass is 10.00. The average Bonchev–Trinajstić information content (AvgIpc) is 2.68. The third-order valence-corrected chi connectivity index (χ3v) is 5.25. The molecule has 2 aromatic carbocycles. The molecule has 0 saturated carbocycles. The summed E-state index contributed by atoms with van der Waals surface area (Å²) >= 11 is 0. The molecule has 3 nitrogen and oxygen atoms in total. The number of carbonyl (C=O) groups is 1. The van der Waals surface area contributed by atoms with Crippen molar-refractivity contribution < 1.29 is 4.79 Å². The van der Waals surface area contributed by atoms with E-state index in [1.807, 2.05) is 4.90 Å². The van der Waals surface area contributed by atoms with E-state index in [0.717, 1.165) is 39.1 Å². The second-order valence-electron chi connectivity index (χ2n) is 7.54. The fourth-order valence-corrected chi connectivity index (χ4v) is 3.48. The lowest BCUT2D eigenvalue weighted by Gasteiger charge is -2.34. The van der Waals surface area contributed by atoms with Crippen molar-refractivity contribution in [1.29, 1.82) is 0 Å². The van der Waals surface area contributed by atoms with Gasteiger partial charge in [-0.3, -0.25) is 9.69 Å². The van der Waals surface area contributed by atoms with E-state index in [2.05, 4.69) is 73.3 Å². The maximum absolute atomic E-state index is 12.5. The molecule has 1 aliphatic heterocycles.